The van der Waals surface area contributed by atoms with Crippen LogP contribution in [0.4, 0.5) is 5.69 Å². The fraction of sp³-hybridized carbons (Fsp3) is 0.364. The van der Waals surface area contributed by atoms with Crippen LogP contribution in [-0.2, 0) is 4.79 Å². The number of rotatable bonds is 5. The minimum absolute atomic E-state index is 0.0728. The normalized spacial score (nSPS) is 11.9. The third-order valence-corrected chi connectivity index (χ3v) is 1.84. The van der Waals surface area contributed by atoms with Crippen LogP contribution in [0.25, 0.3) is 0 Å². The summed E-state index contributed by atoms with van der Waals surface area (Å²) < 4.78 is 5.21. The highest BCUT2D eigenvalue weighted by molar-refractivity contribution is 5.77. The second kappa shape index (κ2) is 5.97. The number of carbonyl (C=O) groups excluding carboxylic acids is 1. The number of carbonyl (C=O) groups is 1. The van der Waals surface area contributed by atoms with E-state index in [9.17, 15) is 4.79 Å². The standard InChI is InChI=1S/C11H16N2O3/c1-8(14)6-13-11(15)7-16-10-4-2-9(12)3-5-10/h2-5,8,14H,6-7,12H2,1H3,(H,13,15). The predicted molar refractivity (Wildman–Crippen MR) is 61.0 cm³/mol. The Labute approximate surface area is 94.2 Å². The van der Waals surface area contributed by atoms with E-state index in [1.54, 1.807) is 31.2 Å². The van der Waals surface area contributed by atoms with Gasteiger partial charge in [-0.1, -0.05) is 0 Å². The third kappa shape index (κ3) is 4.65. The highest BCUT2D eigenvalue weighted by atomic mass is 16.5. The Morgan fingerprint density at radius 2 is 2.12 bits per heavy atom. The van der Waals surface area contributed by atoms with Crippen LogP contribution in [0.3, 0.4) is 0 Å². The minimum atomic E-state index is -0.555. The maximum absolute atomic E-state index is 11.2. The summed E-state index contributed by atoms with van der Waals surface area (Å²) in [5.74, 6) is 0.319. The molecule has 0 spiro atoms. The van der Waals surface area contributed by atoms with Gasteiger partial charge in [0.1, 0.15) is 5.75 Å². The van der Waals surface area contributed by atoms with Gasteiger partial charge in [0.05, 0.1) is 6.10 Å². The molecule has 1 amide bonds. The van der Waals surface area contributed by atoms with Gasteiger partial charge >= 0.3 is 0 Å². The summed E-state index contributed by atoms with van der Waals surface area (Å²) in [6.07, 6.45) is -0.555. The van der Waals surface area contributed by atoms with Crippen molar-refractivity contribution in [2.75, 3.05) is 18.9 Å². The van der Waals surface area contributed by atoms with Crippen molar-refractivity contribution in [3.63, 3.8) is 0 Å². The van der Waals surface area contributed by atoms with Gasteiger partial charge in [-0.2, -0.15) is 0 Å². The first-order valence-corrected chi connectivity index (χ1v) is 5.01. The van der Waals surface area contributed by atoms with E-state index in [2.05, 4.69) is 5.32 Å². The first kappa shape index (κ1) is 12.3. The second-order valence-corrected chi connectivity index (χ2v) is 3.51. The van der Waals surface area contributed by atoms with Gasteiger partial charge in [0.25, 0.3) is 5.91 Å². The number of nitrogens with one attached hydrogen (secondary N) is 1. The SMILES string of the molecule is CC(O)CNC(=O)COc1ccc(N)cc1. The molecule has 5 nitrogen and oxygen atoms in total. The maximum atomic E-state index is 11.2. The number of nitrogens with two attached hydrogens (primary N) is 1. The van der Waals surface area contributed by atoms with Gasteiger partial charge in [-0.3, -0.25) is 4.79 Å². The molecule has 1 aromatic carbocycles. The van der Waals surface area contributed by atoms with Gasteiger partial charge in [0.15, 0.2) is 6.61 Å². The largest absolute Gasteiger partial charge is 0.484 e. The van der Waals surface area contributed by atoms with Gasteiger partial charge in [-0.15, -0.1) is 0 Å². The lowest BCUT2D eigenvalue weighted by atomic mass is 10.3. The number of nitrogen functional groups attached to an aromatic ring is 1. The molecule has 16 heavy (non-hydrogen) atoms. The van der Waals surface area contributed by atoms with Crippen molar-refractivity contribution >= 4 is 11.6 Å². The number of benzene rings is 1. The molecule has 0 aromatic heterocycles. The number of anilines is 1. The zero-order valence-electron chi connectivity index (χ0n) is 9.14. The van der Waals surface area contributed by atoms with Crippen molar-refractivity contribution in [2.24, 2.45) is 0 Å². The van der Waals surface area contributed by atoms with E-state index in [-0.39, 0.29) is 19.1 Å². The van der Waals surface area contributed by atoms with E-state index in [0.29, 0.717) is 11.4 Å². The molecule has 0 aliphatic carbocycles. The first-order valence-electron chi connectivity index (χ1n) is 5.01. The van der Waals surface area contributed by atoms with Crippen LogP contribution >= 0.6 is 0 Å². The summed E-state index contributed by atoms with van der Waals surface area (Å²) in [7, 11) is 0. The van der Waals surface area contributed by atoms with Crippen molar-refractivity contribution in [3.05, 3.63) is 24.3 Å². The molecular weight excluding hydrogens is 208 g/mol. The fourth-order valence-corrected chi connectivity index (χ4v) is 1.03. The highest BCUT2D eigenvalue weighted by Gasteiger charge is 2.03. The van der Waals surface area contributed by atoms with Crippen molar-refractivity contribution < 1.29 is 14.6 Å². The molecule has 0 heterocycles. The topological polar surface area (TPSA) is 84.6 Å². The summed E-state index contributed by atoms with van der Waals surface area (Å²) in [4.78, 5) is 11.2. The summed E-state index contributed by atoms with van der Waals surface area (Å²) in [5.41, 5.74) is 6.15. The molecule has 4 N–H and O–H groups in total. The lowest BCUT2D eigenvalue weighted by Gasteiger charge is -2.08. The lowest BCUT2D eigenvalue weighted by molar-refractivity contribution is -0.123. The van der Waals surface area contributed by atoms with E-state index in [0.717, 1.165) is 0 Å². The Morgan fingerprint density at radius 3 is 2.69 bits per heavy atom. The average Bonchev–Trinajstić information content (AvgIpc) is 2.25. The number of hydrogen-bond donors (Lipinski definition) is 3. The molecule has 1 atom stereocenters. The Bertz CT molecular complexity index is 336. The average molecular weight is 224 g/mol. The Morgan fingerprint density at radius 1 is 1.50 bits per heavy atom. The Kier molecular flexibility index (Phi) is 4.60. The smallest absolute Gasteiger partial charge is 0.258 e. The molecule has 88 valence electrons. The highest BCUT2D eigenvalue weighted by Crippen LogP contribution is 2.12. The molecule has 1 unspecified atom stereocenters. The number of aliphatic hydroxyl groups is 1. The third-order valence-electron chi connectivity index (χ3n) is 1.84. The summed E-state index contributed by atoms with van der Waals surface area (Å²) in [6, 6.07) is 6.78. The van der Waals surface area contributed by atoms with Crippen molar-refractivity contribution in [2.45, 2.75) is 13.0 Å². The number of hydrogen-bond acceptors (Lipinski definition) is 4. The van der Waals surface area contributed by atoms with E-state index < -0.39 is 6.10 Å². The van der Waals surface area contributed by atoms with Gasteiger partial charge in [0.2, 0.25) is 0 Å². The molecule has 0 bridgehead atoms. The van der Waals surface area contributed by atoms with Crippen LogP contribution in [0.2, 0.25) is 0 Å². The van der Waals surface area contributed by atoms with Gasteiger partial charge < -0.3 is 20.9 Å². The predicted octanol–water partition coefficient (Wildman–Crippen LogP) is 0.145. The monoisotopic (exact) mass is 224 g/mol. The van der Waals surface area contributed by atoms with E-state index in [4.69, 9.17) is 15.6 Å². The summed E-state index contributed by atoms with van der Waals surface area (Å²) in [6.45, 7) is 1.75. The molecule has 0 radical (unpaired) electrons. The maximum Gasteiger partial charge on any atom is 0.258 e. The minimum Gasteiger partial charge on any atom is -0.484 e. The van der Waals surface area contributed by atoms with Crippen LogP contribution in [-0.4, -0.2) is 30.3 Å². The Balaban J connectivity index is 2.29. The van der Waals surface area contributed by atoms with Gasteiger partial charge in [-0.05, 0) is 31.2 Å². The van der Waals surface area contributed by atoms with Crippen LogP contribution in [0.15, 0.2) is 24.3 Å². The molecule has 0 saturated heterocycles. The zero-order valence-corrected chi connectivity index (χ0v) is 9.14. The van der Waals surface area contributed by atoms with E-state index >= 15 is 0 Å². The van der Waals surface area contributed by atoms with Gasteiger partial charge in [0, 0.05) is 12.2 Å². The number of amides is 1. The second-order valence-electron chi connectivity index (χ2n) is 3.51. The summed E-state index contributed by atoms with van der Waals surface area (Å²) >= 11 is 0. The molecular formula is C11H16N2O3. The number of ether oxygens (including phenoxy) is 1. The molecule has 0 saturated carbocycles. The molecule has 0 aliphatic rings. The van der Waals surface area contributed by atoms with Gasteiger partial charge in [-0.25, -0.2) is 0 Å². The zero-order chi connectivity index (χ0) is 12.0. The van der Waals surface area contributed by atoms with Crippen LogP contribution < -0.4 is 15.8 Å². The van der Waals surface area contributed by atoms with E-state index in [1.165, 1.54) is 0 Å². The van der Waals surface area contributed by atoms with Crippen LogP contribution in [0.1, 0.15) is 6.92 Å². The summed E-state index contributed by atoms with van der Waals surface area (Å²) in [5, 5.41) is 11.5. The quantitative estimate of drug-likeness (QED) is 0.621. The fourth-order valence-electron chi connectivity index (χ4n) is 1.03. The molecule has 1 aromatic rings. The van der Waals surface area contributed by atoms with Crippen molar-refractivity contribution in [3.8, 4) is 5.75 Å². The van der Waals surface area contributed by atoms with Crippen LogP contribution in [0, 0.1) is 0 Å². The van der Waals surface area contributed by atoms with Crippen LogP contribution in [0.5, 0.6) is 5.75 Å². The molecule has 1 rings (SSSR count). The Hall–Kier alpha value is -1.75. The first-order chi connectivity index (χ1) is 7.58. The molecule has 0 aliphatic heterocycles. The number of aliphatic hydroxyl groups excluding tert-OH is 1. The lowest BCUT2D eigenvalue weighted by Crippen LogP contribution is -2.34. The molecule has 5 heteroatoms. The van der Waals surface area contributed by atoms with Crippen molar-refractivity contribution in [1.82, 2.24) is 5.32 Å². The van der Waals surface area contributed by atoms with Crippen molar-refractivity contribution in [1.29, 1.82) is 0 Å². The van der Waals surface area contributed by atoms with E-state index in [1.807, 2.05) is 0 Å². The molecule has 0 fully saturated rings.